The van der Waals surface area contributed by atoms with Crippen LogP contribution in [0.15, 0.2) is 0 Å². The molecular formula is C12H27NO2. The van der Waals surface area contributed by atoms with Gasteiger partial charge in [-0.3, -0.25) is 4.90 Å². The number of ether oxygens (including phenoxy) is 1. The summed E-state index contributed by atoms with van der Waals surface area (Å²) < 4.78 is 5.53. The average molecular weight is 217 g/mol. The highest BCUT2D eigenvalue weighted by Gasteiger charge is 2.07. The second kappa shape index (κ2) is 10.4. The van der Waals surface area contributed by atoms with Gasteiger partial charge in [0.1, 0.15) is 0 Å². The minimum Gasteiger partial charge on any atom is -0.396 e. The predicted molar refractivity (Wildman–Crippen MR) is 64.1 cm³/mol. The lowest BCUT2D eigenvalue weighted by Gasteiger charge is -2.25. The molecule has 0 aliphatic heterocycles. The van der Waals surface area contributed by atoms with Gasteiger partial charge in [0.25, 0.3) is 0 Å². The maximum atomic E-state index is 8.78. The van der Waals surface area contributed by atoms with Crippen molar-refractivity contribution in [3.8, 4) is 0 Å². The number of hydrogen-bond acceptors (Lipinski definition) is 3. The van der Waals surface area contributed by atoms with Crippen LogP contribution in [0.5, 0.6) is 0 Å². The predicted octanol–water partition coefficient (Wildman–Crippen LogP) is 1.90. The molecule has 0 radical (unpaired) electrons. The molecule has 0 aliphatic carbocycles. The smallest absolute Gasteiger partial charge is 0.0593 e. The van der Waals surface area contributed by atoms with Gasteiger partial charge in [-0.2, -0.15) is 0 Å². The van der Waals surface area contributed by atoms with Gasteiger partial charge in [0.2, 0.25) is 0 Å². The first-order valence-electron chi connectivity index (χ1n) is 6.15. The minimum absolute atomic E-state index is 0.278. The van der Waals surface area contributed by atoms with Crippen LogP contribution in [0.4, 0.5) is 0 Å². The van der Waals surface area contributed by atoms with Gasteiger partial charge in [-0.15, -0.1) is 0 Å². The number of aliphatic hydroxyl groups excluding tert-OH is 1. The Bertz CT molecular complexity index is 129. The van der Waals surface area contributed by atoms with Crippen LogP contribution < -0.4 is 0 Å². The van der Waals surface area contributed by atoms with E-state index in [0.717, 1.165) is 39.1 Å². The molecule has 0 saturated carbocycles. The van der Waals surface area contributed by atoms with E-state index in [1.807, 2.05) is 0 Å². The first-order valence-corrected chi connectivity index (χ1v) is 6.15. The molecule has 0 aromatic rings. The zero-order chi connectivity index (χ0) is 11.5. The standard InChI is InChI=1S/C12H27NO2/c1-4-5-10-15-11-8-13(12(2)3)7-6-9-14/h12,14H,4-11H2,1-3H3. The molecule has 0 heterocycles. The molecule has 0 unspecified atom stereocenters. The largest absolute Gasteiger partial charge is 0.396 e. The zero-order valence-electron chi connectivity index (χ0n) is 10.5. The van der Waals surface area contributed by atoms with E-state index in [4.69, 9.17) is 9.84 Å². The molecule has 0 atom stereocenters. The van der Waals surface area contributed by atoms with E-state index in [-0.39, 0.29) is 6.61 Å². The molecule has 0 fully saturated rings. The number of aliphatic hydroxyl groups is 1. The van der Waals surface area contributed by atoms with E-state index >= 15 is 0 Å². The summed E-state index contributed by atoms with van der Waals surface area (Å²) in [7, 11) is 0. The lowest BCUT2D eigenvalue weighted by Crippen LogP contribution is -2.35. The first kappa shape index (κ1) is 14.9. The van der Waals surface area contributed by atoms with Crippen molar-refractivity contribution in [2.45, 2.75) is 46.1 Å². The lowest BCUT2D eigenvalue weighted by molar-refractivity contribution is 0.0875. The molecule has 15 heavy (non-hydrogen) atoms. The van der Waals surface area contributed by atoms with Crippen molar-refractivity contribution < 1.29 is 9.84 Å². The van der Waals surface area contributed by atoms with E-state index in [1.54, 1.807) is 0 Å². The molecule has 0 saturated heterocycles. The Morgan fingerprint density at radius 1 is 1.13 bits per heavy atom. The van der Waals surface area contributed by atoms with Crippen molar-refractivity contribution >= 4 is 0 Å². The van der Waals surface area contributed by atoms with Crippen LogP contribution >= 0.6 is 0 Å². The summed E-state index contributed by atoms with van der Waals surface area (Å²) in [6, 6.07) is 0.534. The molecule has 0 bridgehead atoms. The van der Waals surface area contributed by atoms with Crippen molar-refractivity contribution in [1.82, 2.24) is 4.90 Å². The Hall–Kier alpha value is -0.120. The number of rotatable bonds is 10. The zero-order valence-corrected chi connectivity index (χ0v) is 10.5. The van der Waals surface area contributed by atoms with Crippen molar-refractivity contribution in [2.75, 3.05) is 32.9 Å². The summed E-state index contributed by atoms with van der Waals surface area (Å²) in [6.07, 6.45) is 3.20. The molecule has 0 aromatic heterocycles. The van der Waals surface area contributed by atoms with E-state index in [1.165, 1.54) is 6.42 Å². The second-order valence-electron chi connectivity index (χ2n) is 4.17. The van der Waals surface area contributed by atoms with Crippen LogP contribution in [-0.2, 0) is 4.74 Å². The molecule has 0 aromatic carbocycles. The molecule has 0 amide bonds. The fraction of sp³-hybridized carbons (Fsp3) is 1.00. The summed E-state index contributed by atoms with van der Waals surface area (Å²) in [5, 5.41) is 8.78. The Kier molecular flexibility index (Phi) is 10.3. The molecule has 3 heteroatoms. The normalized spacial score (nSPS) is 11.6. The van der Waals surface area contributed by atoms with E-state index in [9.17, 15) is 0 Å². The summed E-state index contributed by atoms with van der Waals surface area (Å²) in [4.78, 5) is 2.35. The van der Waals surface area contributed by atoms with Gasteiger partial charge in [0, 0.05) is 32.3 Å². The first-order chi connectivity index (χ1) is 7.22. The van der Waals surface area contributed by atoms with Gasteiger partial charge in [-0.1, -0.05) is 13.3 Å². The average Bonchev–Trinajstić information content (AvgIpc) is 2.21. The Balaban J connectivity index is 3.48. The third-order valence-corrected chi connectivity index (χ3v) is 2.50. The number of nitrogens with zero attached hydrogens (tertiary/aromatic N) is 1. The monoisotopic (exact) mass is 217 g/mol. The van der Waals surface area contributed by atoms with Crippen LogP contribution in [0.25, 0.3) is 0 Å². The van der Waals surface area contributed by atoms with Crippen LogP contribution in [0.2, 0.25) is 0 Å². The fourth-order valence-electron chi connectivity index (χ4n) is 1.43. The third-order valence-electron chi connectivity index (χ3n) is 2.50. The highest BCUT2D eigenvalue weighted by Crippen LogP contribution is 1.99. The van der Waals surface area contributed by atoms with Crippen molar-refractivity contribution in [1.29, 1.82) is 0 Å². The van der Waals surface area contributed by atoms with Crippen LogP contribution in [-0.4, -0.2) is 49.0 Å². The van der Waals surface area contributed by atoms with Gasteiger partial charge in [0.05, 0.1) is 6.61 Å². The summed E-state index contributed by atoms with van der Waals surface area (Å²) in [5.41, 5.74) is 0. The van der Waals surface area contributed by atoms with Gasteiger partial charge in [0.15, 0.2) is 0 Å². The van der Waals surface area contributed by atoms with Crippen molar-refractivity contribution in [2.24, 2.45) is 0 Å². The van der Waals surface area contributed by atoms with E-state index < -0.39 is 0 Å². The van der Waals surface area contributed by atoms with Gasteiger partial charge < -0.3 is 9.84 Å². The summed E-state index contributed by atoms with van der Waals surface area (Å²) >= 11 is 0. The topological polar surface area (TPSA) is 32.7 Å². The molecular weight excluding hydrogens is 190 g/mol. The van der Waals surface area contributed by atoms with Crippen molar-refractivity contribution in [3.63, 3.8) is 0 Å². The van der Waals surface area contributed by atoms with Crippen LogP contribution in [0.1, 0.15) is 40.0 Å². The molecule has 92 valence electrons. The van der Waals surface area contributed by atoms with Gasteiger partial charge in [-0.05, 0) is 26.7 Å². The lowest BCUT2D eigenvalue weighted by atomic mass is 10.3. The van der Waals surface area contributed by atoms with Gasteiger partial charge >= 0.3 is 0 Å². The fourth-order valence-corrected chi connectivity index (χ4v) is 1.43. The highest BCUT2D eigenvalue weighted by atomic mass is 16.5. The molecule has 0 aliphatic rings. The number of hydrogen-bond donors (Lipinski definition) is 1. The molecule has 0 rings (SSSR count). The number of unbranched alkanes of at least 4 members (excludes halogenated alkanes) is 1. The third kappa shape index (κ3) is 8.85. The Morgan fingerprint density at radius 2 is 1.87 bits per heavy atom. The van der Waals surface area contributed by atoms with E-state index in [2.05, 4.69) is 25.7 Å². The SMILES string of the molecule is CCCCOCCN(CCCO)C(C)C. The highest BCUT2D eigenvalue weighted by molar-refractivity contribution is 4.62. The summed E-state index contributed by atoms with van der Waals surface area (Å²) in [6.45, 7) is 10.4. The molecule has 1 N–H and O–H groups in total. The minimum atomic E-state index is 0.278. The maximum Gasteiger partial charge on any atom is 0.0593 e. The Labute approximate surface area is 94.4 Å². The second-order valence-corrected chi connectivity index (χ2v) is 4.17. The maximum absolute atomic E-state index is 8.78. The van der Waals surface area contributed by atoms with Crippen molar-refractivity contribution in [3.05, 3.63) is 0 Å². The summed E-state index contributed by atoms with van der Waals surface area (Å²) in [5.74, 6) is 0. The van der Waals surface area contributed by atoms with Gasteiger partial charge in [-0.25, -0.2) is 0 Å². The molecule has 0 spiro atoms. The molecule has 3 nitrogen and oxygen atoms in total. The van der Waals surface area contributed by atoms with Crippen LogP contribution in [0, 0.1) is 0 Å². The Morgan fingerprint density at radius 3 is 2.40 bits per heavy atom. The van der Waals surface area contributed by atoms with Crippen LogP contribution in [0.3, 0.4) is 0 Å². The quantitative estimate of drug-likeness (QED) is 0.567. The van der Waals surface area contributed by atoms with E-state index in [0.29, 0.717) is 6.04 Å².